The first-order valence-electron chi connectivity index (χ1n) is 7.60. The first-order chi connectivity index (χ1) is 11.5. The van der Waals surface area contributed by atoms with Gasteiger partial charge in [-0.3, -0.25) is 9.59 Å². The van der Waals surface area contributed by atoms with Crippen LogP contribution >= 0.6 is 23.2 Å². The Morgan fingerprint density at radius 1 is 1.04 bits per heavy atom. The van der Waals surface area contributed by atoms with Crippen LogP contribution in [-0.2, 0) is 15.0 Å². The maximum absolute atomic E-state index is 12.9. The minimum Gasteiger partial charge on any atom is -0.325 e. The van der Waals surface area contributed by atoms with Crippen molar-refractivity contribution in [3.63, 3.8) is 0 Å². The van der Waals surface area contributed by atoms with Crippen molar-refractivity contribution in [2.75, 3.05) is 5.32 Å². The molecule has 1 N–H and O–H groups in total. The van der Waals surface area contributed by atoms with E-state index in [1.54, 1.807) is 24.3 Å². The molecular formula is C19H13Cl2NO2. The molecule has 2 aromatic carbocycles. The van der Waals surface area contributed by atoms with E-state index in [4.69, 9.17) is 23.2 Å². The van der Waals surface area contributed by atoms with Gasteiger partial charge in [-0.1, -0.05) is 47.5 Å². The van der Waals surface area contributed by atoms with Gasteiger partial charge in [0.2, 0.25) is 5.91 Å². The summed E-state index contributed by atoms with van der Waals surface area (Å²) in [6.45, 7) is 0. The van der Waals surface area contributed by atoms with Crippen LogP contribution in [0.2, 0.25) is 10.0 Å². The smallest absolute Gasteiger partial charge is 0.239 e. The first kappa shape index (κ1) is 15.4. The Hall–Kier alpha value is -2.10. The molecule has 0 fully saturated rings. The van der Waals surface area contributed by atoms with Crippen molar-refractivity contribution in [3.8, 4) is 0 Å². The van der Waals surface area contributed by atoms with E-state index in [1.165, 1.54) is 6.08 Å². The summed E-state index contributed by atoms with van der Waals surface area (Å²) in [5.74, 6) is -0.453. The zero-order chi connectivity index (χ0) is 16.9. The topological polar surface area (TPSA) is 46.2 Å². The van der Waals surface area contributed by atoms with Gasteiger partial charge in [0.05, 0.1) is 0 Å². The first-order valence-corrected chi connectivity index (χ1v) is 8.35. The second kappa shape index (κ2) is 5.47. The molecule has 0 radical (unpaired) electrons. The van der Waals surface area contributed by atoms with Crippen molar-refractivity contribution in [2.24, 2.45) is 0 Å². The molecule has 0 bridgehead atoms. The van der Waals surface area contributed by atoms with Crippen LogP contribution in [0.25, 0.3) is 0 Å². The number of benzene rings is 2. The quantitative estimate of drug-likeness (QED) is 0.816. The van der Waals surface area contributed by atoms with E-state index in [0.29, 0.717) is 15.7 Å². The third-order valence-corrected chi connectivity index (χ3v) is 5.26. The predicted molar refractivity (Wildman–Crippen MR) is 94.7 cm³/mol. The monoisotopic (exact) mass is 357 g/mol. The Balaban J connectivity index is 1.95. The van der Waals surface area contributed by atoms with E-state index in [2.05, 4.69) is 5.32 Å². The predicted octanol–water partition coefficient (Wildman–Crippen LogP) is 4.50. The minimum atomic E-state index is -0.918. The zero-order valence-electron chi connectivity index (χ0n) is 12.6. The van der Waals surface area contributed by atoms with Crippen molar-refractivity contribution in [1.29, 1.82) is 0 Å². The van der Waals surface area contributed by atoms with Gasteiger partial charge in [0.25, 0.3) is 0 Å². The third kappa shape index (κ3) is 2.20. The molecule has 2 aliphatic rings. The number of rotatable bonds is 1. The van der Waals surface area contributed by atoms with Gasteiger partial charge in [-0.15, -0.1) is 0 Å². The summed E-state index contributed by atoms with van der Waals surface area (Å²) in [5, 5.41) is 4.05. The van der Waals surface area contributed by atoms with Crippen LogP contribution in [0.1, 0.15) is 23.5 Å². The fraction of sp³-hybridized carbons (Fsp3) is 0.158. The van der Waals surface area contributed by atoms with Crippen molar-refractivity contribution in [3.05, 3.63) is 75.8 Å². The molecule has 1 aliphatic heterocycles. The summed E-state index contributed by atoms with van der Waals surface area (Å²) in [4.78, 5) is 25.0. The average Bonchev–Trinajstić information content (AvgIpc) is 2.81. The number of ketones is 1. The Bertz CT molecular complexity index is 906. The van der Waals surface area contributed by atoms with Gasteiger partial charge in [-0.05, 0) is 41.5 Å². The lowest BCUT2D eigenvalue weighted by atomic mass is 9.64. The van der Waals surface area contributed by atoms with Gasteiger partial charge in [-0.25, -0.2) is 0 Å². The highest BCUT2D eigenvalue weighted by Gasteiger charge is 2.53. The molecule has 24 heavy (non-hydrogen) atoms. The van der Waals surface area contributed by atoms with E-state index in [-0.39, 0.29) is 24.0 Å². The molecule has 1 amide bonds. The highest BCUT2D eigenvalue weighted by molar-refractivity contribution is 6.31. The lowest BCUT2D eigenvalue weighted by Crippen LogP contribution is -2.41. The Morgan fingerprint density at radius 2 is 1.83 bits per heavy atom. The molecule has 2 atom stereocenters. The Labute approximate surface area is 149 Å². The number of fused-ring (bicyclic) bond motifs is 2. The standard InChI is InChI=1S/C19H13Cl2NO2/c20-12-3-1-2-11(8-12)16-10-14(23)6-7-19(16)15-5-4-13(21)9-17(15)22-18(19)24/h1-9,16H,10H2,(H,22,24)/t16-,19+/m1/s1. The second-order valence-corrected chi connectivity index (χ2v) is 7.00. The number of allylic oxidation sites excluding steroid dienone is 1. The molecule has 3 nitrogen and oxygen atoms in total. The second-order valence-electron chi connectivity index (χ2n) is 6.12. The summed E-state index contributed by atoms with van der Waals surface area (Å²) in [5.41, 5.74) is 1.49. The third-order valence-electron chi connectivity index (χ3n) is 4.79. The molecule has 1 heterocycles. The molecule has 4 rings (SSSR count). The van der Waals surface area contributed by atoms with Crippen LogP contribution < -0.4 is 5.32 Å². The van der Waals surface area contributed by atoms with Crippen molar-refractivity contribution < 1.29 is 9.59 Å². The molecule has 0 aromatic heterocycles. The fourth-order valence-electron chi connectivity index (χ4n) is 3.71. The number of hydrogen-bond acceptors (Lipinski definition) is 2. The van der Waals surface area contributed by atoms with Crippen LogP contribution in [-0.4, -0.2) is 11.7 Å². The van der Waals surface area contributed by atoms with E-state index in [1.807, 2.05) is 24.3 Å². The van der Waals surface area contributed by atoms with Crippen LogP contribution in [0, 0.1) is 0 Å². The van der Waals surface area contributed by atoms with Gasteiger partial charge in [0.1, 0.15) is 5.41 Å². The number of anilines is 1. The minimum absolute atomic E-state index is 0.000754. The molecule has 5 heteroatoms. The molecule has 120 valence electrons. The Morgan fingerprint density at radius 3 is 2.62 bits per heavy atom. The van der Waals surface area contributed by atoms with E-state index in [0.717, 1.165) is 11.1 Å². The lowest BCUT2D eigenvalue weighted by molar-refractivity contribution is -0.121. The van der Waals surface area contributed by atoms with Crippen LogP contribution in [0.15, 0.2) is 54.6 Å². The normalized spacial score (nSPS) is 25.0. The molecule has 1 aliphatic carbocycles. The molecule has 1 spiro atoms. The van der Waals surface area contributed by atoms with Crippen molar-refractivity contribution in [2.45, 2.75) is 17.8 Å². The average molecular weight is 358 g/mol. The summed E-state index contributed by atoms with van der Waals surface area (Å²) < 4.78 is 0. The number of carbonyl (C=O) groups is 2. The fourth-order valence-corrected chi connectivity index (χ4v) is 4.09. The number of hydrogen-bond donors (Lipinski definition) is 1. The van der Waals surface area contributed by atoms with Gasteiger partial charge < -0.3 is 5.32 Å². The van der Waals surface area contributed by atoms with Gasteiger partial charge in [0.15, 0.2) is 5.78 Å². The van der Waals surface area contributed by atoms with E-state index >= 15 is 0 Å². The largest absolute Gasteiger partial charge is 0.325 e. The summed E-state index contributed by atoms with van der Waals surface area (Å²) in [7, 11) is 0. The van der Waals surface area contributed by atoms with Crippen LogP contribution in [0.4, 0.5) is 5.69 Å². The van der Waals surface area contributed by atoms with Crippen LogP contribution in [0.3, 0.4) is 0 Å². The molecule has 0 saturated heterocycles. The summed E-state index contributed by atoms with van der Waals surface area (Å²) >= 11 is 12.2. The number of carbonyl (C=O) groups excluding carboxylic acids is 2. The maximum atomic E-state index is 12.9. The summed E-state index contributed by atoms with van der Waals surface area (Å²) in [6.07, 6.45) is 3.48. The molecule has 0 saturated carbocycles. The number of amides is 1. The highest BCUT2D eigenvalue weighted by atomic mass is 35.5. The molecule has 2 aromatic rings. The number of halogens is 2. The number of nitrogens with one attached hydrogen (secondary N) is 1. The Kier molecular flexibility index (Phi) is 3.52. The summed E-state index contributed by atoms with van der Waals surface area (Å²) in [6, 6.07) is 12.7. The molecule has 0 unspecified atom stereocenters. The van der Waals surface area contributed by atoms with Gasteiger partial charge in [-0.2, -0.15) is 0 Å². The SMILES string of the molecule is O=C1C=C[C@@]2(C(=O)Nc3cc(Cl)ccc32)[C@@H](c2cccc(Cl)c2)C1. The molecular weight excluding hydrogens is 345 g/mol. The van der Waals surface area contributed by atoms with Crippen LogP contribution in [0.5, 0.6) is 0 Å². The highest BCUT2D eigenvalue weighted by Crippen LogP contribution is 2.52. The van der Waals surface area contributed by atoms with Crippen molar-refractivity contribution >= 4 is 40.6 Å². The van der Waals surface area contributed by atoms with Crippen molar-refractivity contribution in [1.82, 2.24) is 0 Å². The van der Waals surface area contributed by atoms with E-state index < -0.39 is 5.41 Å². The van der Waals surface area contributed by atoms with Gasteiger partial charge >= 0.3 is 0 Å². The van der Waals surface area contributed by atoms with E-state index in [9.17, 15) is 9.59 Å². The van der Waals surface area contributed by atoms with Gasteiger partial charge in [0, 0.05) is 28.1 Å². The maximum Gasteiger partial charge on any atom is 0.239 e. The zero-order valence-corrected chi connectivity index (χ0v) is 14.1. The lowest BCUT2D eigenvalue weighted by Gasteiger charge is -2.36.